The fourth-order valence-electron chi connectivity index (χ4n) is 5.05. The Morgan fingerprint density at radius 3 is 2.24 bits per heavy atom. The lowest BCUT2D eigenvalue weighted by Crippen LogP contribution is -2.18. The van der Waals surface area contributed by atoms with E-state index in [0.29, 0.717) is 11.8 Å². The number of aryl methyl sites for hydroxylation is 1. The molecule has 2 aromatic carbocycles. The molecule has 2 fully saturated rings. The van der Waals surface area contributed by atoms with E-state index in [1.165, 1.54) is 19.3 Å². The Morgan fingerprint density at radius 2 is 1.74 bits per heavy atom. The molecule has 0 saturated heterocycles. The van der Waals surface area contributed by atoms with E-state index in [1.54, 1.807) is 14.0 Å². The number of ether oxygens (including phenoxy) is 1. The average molecular weight is 531 g/mol. The molecule has 0 heterocycles. The first-order valence-corrected chi connectivity index (χ1v) is 13.3. The maximum atomic E-state index is 12.3. The molecule has 1 N–H and O–H groups in total. The summed E-state index contributed by atoms with van der Waals surface area (Å²) in [6.07, 6.45) is 4.64. The molecule has 0 spiro atoms. The van der Waals surface area contributed by atoms with Crippen LogP contribution in [0.1, 0.15) is 75.4 Å². The fourth-order valence-corrected chi connectivity index (χ4v) is 5.69. The van der Waals surface area contributed by atoms with Crippen LogP contribution < -0.4 is 10.1 Å². The summed E-state index contributed by atoms with van der Waals surface area (Å²) in [5, 5.41) is 3.05. The van der Waals surface area contributed by atoms with Crippen molar-refractivity contribution in [2.75, 3.05) is 12.4 Å². The molecule has 2 aliphatic carbocycles. The van der Waals surface area contributed by atoms with Crippen LogP contribution in [0.3, 0.4) is 0 Å². The molecule has 2 aromatic rings. The summed E-state index contributed by atoms with van der Waals surface area (Å²) in [5.41, 5.74) is 3.85. The van der Waals surface area contributed by atoms with Crippen molar-refractivity contribution < 1.29 is 14.3 Å². The lowest BCUT2D eigenvalue weighted by Gasteiger charge is -2.12. The van der Waals surface area contributed by atoms with Crippen LogP contribution in [0.4, 0.5) is 5.69 Å². The number of hydrogen-bond acceptors (Lipinski definition) is 3. The van der Waals surface area contributed by atoms with Gasteiger partial charge in [0.15, 0.2) is 5.78 Å². The van der Waals surface area contributed by atoms with Gasteiger partial charge >= 0.3 is 0 Å². The first kappa shape index (κ1) is 28.1. The van der Waals surface area contributed by atoms with Gasteiger partial charge in [0.25, 0.3) is 0 Å². The number of amides is 1. The number of methoxy groups -OCH3 is 1. The topological polar surface area (TPSA) is 55.4 Å². The Balaban J connectivity index is 0.000000251. The van der Waals surface area contributed by atoms with Crippen LogP contribution in [0.2, 0.25) is 0 Å². The Labute approximate surface area is 214 Å². The number of rotatable bonds is 6. The number of hydrogen-bond donors (Lipinski definition) is 1. The van der Waals surface area contributed by atoms with E-state index in [0.717, 1.165) is 44.9 Å². The Morgan fingerprint density at radius 1 is 1.09 bits per heavy atom. The van der Waals surface area contributed by atoms with E-state index in [9.17, 15) is 9.59 Å². The van der Waals surface area contributed by atoms with Crippen LogP contribution in [0.5, 0.6) is 5.75 Å². The summed E-state index contributed by atoms with van der Waals surface area (Å²) in [7, 11) is 1.66. The minimum Gasteiger partial charge on any atom is -0.496 e. The van der Waals surface area contributed by atoms with Crippen molar-refractivity contribution in [2.45, 2.75) is 67.2 Å². The molecule has 4 rings (SSSR count). The van der Waals surface area contributed by atoms with Gasteiger partial charge in [0.1, 0.15) is 5.75 Å². The van der Waals surface area contributed by atoms with Gasteiger partial charge in [0, 0.05) is 27.7 Å². The lowest BCUT2D eigenvalue weighted by atomic mass is 9.97. The maximum absolute atomic E-state index is 12.3. The molecule has 2 aliphatic rings. The molecule has 186 valence electrons. The lowest BCUT2D eigenvalue weighted by molar-refractivity contribution is -0.118. The van der Waals surface area contributed by atoms with E-state index >= 15 is 0 Å². The van der Waals surface area contributed by atoms with Crippen molar-refractivity contribution >= 4 is 33.3 Å². The number of fused-ring (bicyclic) bond motifs is 1. The van der Waals surface area contributed by atoms with Crippen LogP contribution in [0.15, 0.2) is 40.9 Å². The molecule has 0 aromatic heterocycles. The number of nitrogens with one attached hydrogen (secondary N) is 1. The second-order valence-corrected chi connectivity index (χ2v) is 9.80. The first-order chi connectivity index (χ1) is 16.3. The average Bonchev–Trinajstić information content (AvgIpc) is 3.35. The number of ketones is 1. The van der Waals surface area contributed by atoms with Crippen molar-refractivity contribution in [3.8, 4) is 5.75 Å². The van der Waals surface area contributed by atoms with E-state index in [1.807, 2.05) is 64.1 Å². The van der Waals surface area contributed by atoms with E-state index in [4.69, 9.17) is 4.74 Å². The summed E-state index contributed by atoms with van der Waals surface area (Å²) < 4.78 is 6.32. The Hall–Kier alpha value is -2.14. The van der Waals surface area contributed by atoms with Gasteiger partial charge in [0.05, 0.1) is 7.11 Å². The van der Waals surface area contributed by atoms with Gasteiger partial charge in [-0.1, -0.05) is 68.2 Å². The van der Waals surface area contributed by atoms with Gasteiger partial charge in [-0.15, -0.1) is 0 Å². The molecular formula is C29H40BrNO3. The highest BCUT2D eigenvalue weighted by atomic mass is 79.9. The predicted molar refractivity (Wildman–Crippen MR) is 145 cm³/mol. The van der Waals surface area contributed by atoms with E-state index in [-0.39, 0.29) is 17.6 Å². The van der Waals surface area contributed by atoms with Crippen LogP contribution in [0.25, 0.3) is 0 Å². The van der Waals surface area contributed by atoms with Gasteiger partial charge in [-0.2, -0.15) is 0 Å². The Kier molecular flexibility index (Phi) is 10.8. The molecule has 0 bridgehead atoms. The van der Waals surface area contributed by atoms with Gasteiger partial charge in [-0.25, -0.2) is 0 Å². The molecule has 4 nitrogen and oxygen atoms in total. The summed E-state index contributed by atoms with van der Waals surface area (Å²) >= 11 is 3.42. The Bertz CT molecular complexity index is 975. The number of halogens is 1. The molecule has 0 radical (unpaired) electrons. The highest BCUT2D eigenvalue weighted by molar-refractivity contribution is 9.10. The third-order valence-electron chi connectivity index (χ3n) is 6.95. The second-order valence-electron chi connectivity index (χ2n) is 8.95. The summed E-state index contributed by atoms with van der Waals surface area (Å²) in [6, 6.07) is 11.6. The standard InChI is InChI=1S/C17H23NO2.C10H11BrO.C2H6/c1-4-11-7-13-14(8-11)16(13)17(19)18-12-6-5-10(2)15(9-12)20-3;1-3-8-9(7(2)12)5-4-6-10(8)11;1-2/h5-6,9,11,13-14,16H,4,7-8H2,1-3H3,(H,18,19);4-6H,3H2,1-2H3;1-2H3. The molecule has 2 atom stereocenters. The van der Waals surface area contributed by atoms with Crippen molar-refractivity contribution in [1.29, 1.82) is 0 Å². The summed E-state index contributed by atoms with van der Waals surface area (Å²) in [5.74, 6) is 3.55. The molecule has 0 aliphatic heterocycles. The zero-order valence-electron chi connectivity index (χ0n) is 21.7. The molecule has 2 saturated carbocycles. The largest absolute Gasteiger partial charge is 0.496 e. The predicted octanol–water partition coefficient (Wildman–Crippen LogP) is 7.86. The zero-order valence-corrected chi connectivity index (χ0v) is 23.3. The molecular weight excluding hydrogens is 490 g/mol. The highest BCUT2D eigenvalue weighted by Crippen LogP contribution is 2.60. The molecule has 1 amide bonds. The first-order valence-electron chi connectivity index (χ1n) is 12.5. The van der Waals surface area contributed by atoms with Gasteiger partial charge < -0.3 is 10.1 Å². The van der Waals surface area contributed by atoms with E-state index < -0.39 is 0 Å². The second kappa shape index (κ2) is 13.1. The third-order valence-corrected chi connectivity index (χ3v) is 7.69. The van der Waals surface area contributed by atoms with Gasteiger partial charge in [-0.3, -0.25) is 9.59 Å². The van der Waals surface area contributed by atoms with Crippen LogP contribution in [-0.2, 0) is 11.2 Å². The van der Waals surface area contributed by atoms with Crippen LogP contribution in [-0.4, -0.2) is 18.8 Å². The van der Waals surface area contributed by atoms with Crippen molar-refractivity contribution in [2.24, 2.45) is 23.7 Å². The number of carbonyl (C=O) groups is 2. The number of carbonyl (C=O) groups excluding carboxylic acids is 2. The number of anilines is 1. The molecule has 34 heavy (non-hydrogen) atoms. The summed E-state index contributed by atoms with van der Waals surface area (Å²) in [6.45, 7) is 11.9. The van der Waals surface area contributed by atoms with Crippen molar-refractivity contribution in [3.05, 3.63) is 57.6 Å². The highest BCUT2D eigenvalue weighted by Gasteiger charge is 2.58. The zero-order chi connectivity index (χ0) is 25.4. The van der Waals surface area contributed by atoms with Gasteiger partial charge in [0.2, 0.25) is 5.91 Å². The minimum absolute atomic E-state index is 0.133. The monoisotopic (exact) mass is 529 g/mol. The van der Waals surface area contributed by atoms with Crippen molar-refractivity contribution in [3.63, 3.8) is 0 Å². The molecule has 5 heteroatoms. The minimum atomic E-state index is 0.133. The van der Waals surface area contributed by atoms with Crippen LogP contribution in [0, 0.1) is 30.6 Å². The van der Waals surface area contributed by atoms with Crippen LogP contribution >= 0.6 is 15.9 Å². The normalized spacial score (nSPS) is 21.8. The molecule has 2 unspecified atom stereocenters. The number of Topliss-reactive ketones (excluding diaryl/α,β-unsaturated/α-hetero) is 1. The fraction of sp³-hybridized carbons (Fsp3) is 0.517. The SMILES string of the molecule is CC.CCC1CC2C(C1)C2C(=O)Nc1ccc(C)c(OC)c1.CCc1c(Br)cccc1C(C)=O. The van der Waals surface area contributed by atoms with Gasteiger partial charge in [-0.05, 0) is 74.1 Å². The third kappa shape index (κ3) is 6.71. The maximum Gasteiger partial charge on any atom is 0.228 e. The van der Waals surface area contributed by atoms with Crippen molar-refractivity contribution in [1.82, 2.24) is 0 Å². The number of benzene rings is 2. The smallest absolute Gasteiger partial charge is 0.228 e. The quantitative estimate of drug-likeness (QED) is 0.387. The summed E-state index contributed by atoms with van der Waals surface area (Å²) in [4.78, 5) is 23.5. The van der Waals surface area contributed by atoms with E-state index in [2.05, 4.69) is 28.2 Å².